The maximum Gasteiger partial charge on any atom is 0.340 e. The number of halogens is 5. The molecule has 78 valence electrons. The van der Waals surface area contributed by atoms with Gasteiger partial charge in [-0.05, 0) is 6.92 Å². The van der Waals surface area contributed by atoms with Gasteiger partial charge in [0.25, 0.3) is 0 Å². The monoisotopic (exact) mass is 206 g/mol. The Bertz CT molecular complexity index is 180. The summed E-state index contributed by atoms with van der Waals surface area (Å²) in [6.45, 7) is -1.05. The van der Waals surface area contributed by atoms with Gasteiger partial charge >= 0.3 is 18.3 Å². The van der Waals surface area contributed by atoms with E-state index >= 15 is 0 Å². The predicted octanol–water partition coefficient (Wildman–Crippen LogP) is 1.79. The number of esters is 1. The Balaban J connectivity index is 3.95. The molecule has 0 amide bonds. The molecule has 0 aromatic heterocycles. The molecule has 7 heteroatoms. The summed E-state index contributed by atoms with van der Waals surface area (Å²) >= 11 is 0. The molecule has 0 aliphatic carbocycles. The number of hydrogen-bond acceptors (Lipinski definition) is 2. The Labute approximate surface area is 70.7 Å². The van der Waals surface area contributed by atoms with Crippen molar-refractivity contribution in [2.45, 2.75) is 25.4 Å². The molecule has 0 fully saturated rings. The minimum absolute atomic E-state index is 0.753. The van der Waals surface area contributed by atoms with E-state index < -0.39 is 31.1 Å². The molecular formula is C6H7F5O2. The lowest BCUT2D eigenvalue weighted by atomic mass is 10.4. The zero-order valence-corrected chi connectivity index (χ0v) is 6.57. The number of carbonyl (C=O) groups is 1. The van der Waals surface area contributed by atoms with E-state index in [2.05, 4.69) is 4.74 Å². The number of carbonyl (C=O) groups excluding carboxylic acids is 1. The number of hydrogen-bond donors (Lipinski definition) is 0. The lowest BCUT2D eigenvalue weighted by molar-refractivity contribution is -0.182. The maximum atomic E-state index is 12.0. The van der Waals surface area contributed by atoms with Gasteiger partial charge in [-0.1, -0.05) is 0 Å². The van der Waals surface area contributed by atoms with E-state index in [9.17, 15) is 26.7 Å². The SMILES string of the molecule is CC(F)C(=O)OCC(F)(F)C(F)F. The first-order valence-electron chi connectivity index (χ1n) is 3.24. The van der Waals surface area contributed by atoms with Gasteiger partial charge in [0.1, 0.15) is 0 Å². The van der Waals surface area contributed by atoms with Crippen LogP contribution < -0.4 is 0 Å². The van der Waals surface area contributed by atoms with Crippen LogP contribution >= 0.6 is 0 Å². The molecule has 0 aromatic carbocycles. The summed E-state index contributed by atoms with van der Waals surface area (Å²) in [5, 5.41) is 0. The van der Waals surface area contributed by atoms with Crippen molar-refractivity contribution in [3.63, 3.8) is 0 Å². The van der Waals surface area contributed by atoms with Gasteiger partial charge in [-0.2, -0.15) is 8.78 Å². The van der Waals surface area contributed by atoms with Crippen molar-refractivity contribution in [1.29, 1.82) is 0 Å². The molecule has 0 aliphatic heterocycles. The lowest BCUT2D eigenvalue weighted by Crippen LogP contribution is -2.34. The quantitative estimate of drug-likeness (QED) is 0.517. The zero-order chi connectivity index (χ0) is 10.6. The molecule has 0 aromatic rings. The van der Waals surface area contributed by atoms with Gasteiger partial charge in [0.2, 0.25) is 0 Å². The van der Waals surface area contributed by atoms with Crippen LogP contribution in [0.2, 0.25) is 0 Å². The van der Waals surface area contributed by atoms with E-state index in [-0.39, 0.29) is 0 Å². The molecule has 13 heavy (non-hydrogen) atoms. The van der Waals surface area contributed by atoms with Gasteiger partial charge in [-0.3, -0.25) is 0 Å². The van der Waals surface area contributed by atoms with Gasteiger partial charge in [0.15, 0.2) is 12.8 Å². The molecule has 0 saturated carbocycles. The second-order valence-electron chi connectivity index (χ2n) is 2.29. The van der Waals surface area contributed by atoms with Crippen LogP contribution in [0.25, 0.3) is 0 Å². The van der Waals surface area contributed by atoms with Crippen LogP contribution in [0, 0.1) is 0 Å². The third-order valence-corrected chi connectivity index (χ3v) is 1.05. The third kappa shape index (κ3) is 4.05. The smallest absolute Gasteiger partial charge is 0.340 e. The molecule has 0 N–H and O–H groups in total. The fourth-order valence-corrected chi connectivity index (χ4v) is 0.345. The van der Waals surface area contributed by atoms with Crippen LogP contribution in [0.3, 0.4) is 0 Å². The summed E-state index contributed by atoms with van der Waals surface area (Å²) in [5.41, 5.74) is 0. The van der Waals surface area contributed by atoms with Crippen LogP contribution in [0.1, 0.15) is 6.92 Å². The molecule has 1 atom stereocenters. The predicted molar refractivity (Wildman–Crippen MR) is 32.5 cm³/mol. The Hall–Kier alpha value is -0.880. The standard InChI is InChI=1S/C6H7F5O2/c1-3(7)4(12)13-2-6(10,11)5(8)9/h3,5H,2H2,1H3. The summed E-state index contributed by atoms with van der Waals surface area (Å²) < 4.78 is 62.4. The third-order valence-electron chi connectivity index (χ3n) is 1.05. The second kappa shape index (κ2) is 4.38. The molecule has 0 bridgehead atoms. The fourth-order valence-electron chi connectivity index (χ4n) is 0.345. The fraction of sp³-hybridized carbons (Fsp3) is 0.833. The highest BCUT2D eigenvalue weighted by Crippen LogP contribution is 2.22. The first kappa shape index (κ1) is 12.1. The van der Waals surface area contributed by atoms with E-state index in [1.807, 2.05) is 0 Å². The zero-order valence-electron chi connectivity index (χ0n) is 6.57. The van der Waals surface area contributed by atoms with Crippen LogP contribution in [0.5, 0.6) is 0 Å². The highest BCUT2D eigenvalue weighted by molar-refractivity contribution is 5.73. The Morgan fingerprint density at radius 1 is 1.38 bits per heavy atom. The van der Waals surface area contributed by atoms with Gasteiger partial charge in [0, 0.05) is 0 Å². The highest BCUT2D eigenvalue weighted by Gasteiger charge is 2.42. The van der Waals surface area contributed by atoms with Crippen molar-refractivity contribution in [2.75, 3.05) is 6.61 Å². The summed E-state index contributed by atoms with van der Waals surface area (Å²) in [6.07, 6.45) is -6.04. The van der Waals surface area contributed by atoms with Crippen molar-refractivity contribution in [3.05, 3.63) is 0 Å². The van der Waals surface area contributed by atoms with Crippen molar-refractivity contribution in [2.24, 2.45) is 0 Å². The van der Waals surface area contributed by atoms with Crippen LogP contribution in [-0.4, -0.2) is 31.1 Å². The number of alkyl halides is 5. The van der Waals surface area contributed by atoms with Crippen LogP contribution in [0.15, 0.2) is 0 Å². The van der Waals surface area contributed by atoms with E-state index in [1.54, 1.807) is 0 Å². The van der Waals surface area contributed by atoms with Crippen molar-refractivity contribution in [3.8, 4) is 0 Å². The molecule has 0 radical (unpaired) electrons. The highest BCUT2D eigenvalue weighted by atomic mass is 19.3. The lowest BCUT2D eigenvalue weighted by Gasteiger charge is -2.15. The Morgan fingerprint density at radius 3 is 2.15 bits per heavy atom. The molecule has 1 unspecified atom stereocenters. The topological polar surface area (TPSA) is 26.3 Å². The number of rotatable bonds is 4. The molecule has 2 nitrogen and oxygen atoms in total. The maximum absolute atomic E-state index is 12.0. The molecule has 0 spiro atoms. The van der Waals surface area contributed by atoms with Crippen LogP contribution in [-0.2, 0) is 9.53 Å². The summed E-state index contributed by atoms with van der Waals surface area (Å²) in [4.78, 5) is 10.2. The second-order valence-corrected chi connectivity index (χ2v) is 2.29. The van der Waals surface area contributed by atoms with Gasteiger partial charge in [-0.25, -0.2) is 18.0 Å². The average Bonchev–Trinajstić information content (AvgIpc) is 1.99. The first-order chi connectivity index (χ1) is 5.77. The van der Waals surface area contributed by atoms with Crippen molar-refractivity contribution in [1.82, 2.24) is 0 Å². The number of ether oxygens (including phenoxy) is 1. The van der Waals surface area contributed by atoms with E-state index in [0.717, 1.165) is 6.92 Å². The molecule has 0 saturated heterocycles. The minimum atomic E-state index is -4.43. The average molecular weight is 206 g/mol. The normalized spacial score (nSPS) is 14.4. The molecule has 0 heterocycles. The summed E-state index contributed by atoms with van der Waals surface area (Å²) in [5.74, 6) is -6.01. The van der Waals surface area contributed by atoms with Gasteiger partial charge in [0.05, 0.1) is 0 Å². The Kier molecular flexibility index (Phi) is 4.09. The van der Waals surface area contributed by atoms with E-state index in [0.29, 0.717) is 0 Å². The minimum Gasteiger partial charge on any atom is -0.457 e. The van der Waals surface area contributed by atoms with Gasteiger partial charge in [-0.15, -0.1) is 0 Å². The van der Waals surface area contributed by atoms with E-state index in [1.165, 1.54) is 0 Å². The van der Waals surface area contributed by atoms with Gasteiger partial charge < -0.3 is 4.74 Å². The van der Waals surface area contributed by atoms with Crippen molar-refractivity contribution < 1.29 is 31.5 Å². The van der Waals surface area contributed by atoms with E-state index in [4.69, 9.17) is 0 Å². The Morgan fingerprint density at radius 2 is 1.85 bits per heavy atom. The molecule has 0 rings (SSSR count). The largest absolute Gasteiger partial charge is 0.457 e. The first-order valence-corrected chi connectivity index (χ1v) is 3.24. The molecular weight excluding hydrogens is 199 g/mol. The summed E-state index contributed by atoms with van der Waals surface area (Å²) in [6, 6.07) is 0. The molecule has 0 aliphatic rings. The summed E-state index contributed by atoms with van der Waals surface area (Å²) in [7, 11) is 0. The van der Waals surface area contributed by atoms with Crippen LogP contribution in [0.4, 0.5) is 22.0 Å². The van der Waals surface area contributed by atoms with Crippen molar-refractivity contribution >= 4 is 5.97 Å².